The fraction of sp³-hybridized carbons (Fsp3) is 0.243. The van der Waals surface area contributed by atoms with Crippen LogP contribution < -0.4 is 10.6 Å². The van der Waals surface area contributed by atoms with Gasteiger partial charge in [0.15, 0.2) is 0 Å². The molecule has 0 aliphatic carbocycles. The summed E-state index contributed by atoms with van der Waals surface area (Å²) in [5.41, 5.74) is 9.09. The number of aliphatic hydroxyl groups is 1. The summed E-state index contributed by atoms with van der Waals surface area (Å²) >= 11 is 0. The minimum atomic E-state index is -0.0496. The van der Waals surface area contributed by atoms with E-state index >= 15 is 0 Å². The van der Waals surface area contributed by atoms with Crippen LogP contribution in [0, 0.1) is 0 Å². The van der Waals surface area contributed by atoms with Crippen molar-refractivity contribution in [3.05, 3.63) is 107 Å². The third-order valence-electron chi connectivity index (χ3n) is 8.37. The van der Waals surface area contributed by atoms with Crippen molar-refractivity contribution in [2.24, 2.45) is 0 Å². The highest BCUT2D eigenvalue weighted by Crippen LogP contribution is 2.30. The first kappa shape index (κ1) is 31.7. The molecule has 0 saturated carbocycles. The number of para-hydroxylation sites is 2. The van der Waals surface area contributed by atoms with E-state index in [0.29, 0.717) is 30.8 Å². The van der Waals surface area contributed by atoms with E-state index in [4.69, 9.17) is 15.1 Å². The second kappa shape index (κ2) is 13.2. The van der Waals surface area contributed by atoms with E-state index < -0.39 is 0 Å². The fourth-order valence-corrected chi connectivity index (χ4v) is 6.25. The number of carbonyl (C=O) groups excluding carboxylic acids is 2. The molecule has 47 heavy (non-hydrogen) atoms. The van der Waals surface area contributed by atoms with E-state index in [0.717, 1.165) is 63.5 Å². The van der Waals surface area contributed by atoms with Crippen molar-refractivity contribution in [3.8, 4) is 22.8 Å². The average Bonchev–Trinajstić information content (AvgIpc) is 3.51. The first-order valence-electron chi connectivity index (χ1n) is 15.4. The molecule has 0 saturated heterocycles. The zero-order valence-corrected chi connectivity index (χ0v) is 25.8. The largest absolute Gasteiger partial charge is 0.392 e. The number of aliphatic hydroxyl groups excluding tert-OH is 1. The number of rotatable bonds is 5. The summed E-state index contributed by atoms with van der Waals surface area (Å²) in [6.45, 7) is 3.56. The molecule has 240 valence electrons. The molecule has 0 spiro atoms. The summed E-state index contributed by atoms with van der Waals surface area (Å²) in [5, 5.41) is 15.0. The smallest absolute Gasteiger partial charge is 0.253 e. The highest BCUT2D eigenvalue weighted by atomic mass is 16.3. The van der Waals surface area contributed by atoms with Gasteiger partial charge >= 0.3 is 0 Å². The van der Waals surface area contributed by atoms with Crippen LogP contribution in [0.4, 0.5) is 0 Å². The molecule has 0 atom stereocenters. The summed E-state index contributed by atoms with van der Waals surface area (Å²) in [4.78, 5) is 36.0. The van der Waals surface area contributed by atoms with Crippen molar-refractivity contribution >= 4 is 33.9 Å². The normalized spacial score (nSPS) is 13.7. The fourth-order valence-electron chi connectivity index (χ4n) is 6.25. The van der Waals surface area contributed by atoms with Crippen molar-refractivity contribution < 1.29 is 14.7 Å². The zero-order chi connectivity index (χ0) is 31.8. The number of nitrogens with zero attached hydrogens (tertiary/aromatic N) is 5. The molecule has 6 aromatic rings. The molecule has 0 radical (unpaired) electrons. The number of nitrogens with one attached hydrogen (secondary N) is 2. The first-order chi connectivity index (χ1) is 22.4. The van der Waals surface area contributed by atoms with Crippen LogP contribution in [0.1, 0.15) is 39.3 Å². The van der Waals surface area contributed by atoms with E-state index in [-0.39, 0.29) is 25.8 Å². The van der Waals surface area contributed by atoms with Crippen LogP contribution in [-0.2, 0) is 26.2 Å². The minimum absolute atomic E-state index is 0. The lowest BCUT2D eigenvalue weighted by molar-refractivity contribution is 0.0948. The molecule has 3 N–H and O–H groups in total. The maximum Gasteiger partial charge on any atom is 0.253 e. The molecular formula is C37H39N7O3. The van der Waals surface area contributed by atoms with Crippen LogP contribution in [0.15, 0.2) is 84.9 Å². The molecule has 2 aliphatic rings. The molecule has 10 heteroatoms. The van der Waals surface area contributed by atoms with Gasteiger partial charge < -0.3 is 29.8 Å². The highest BCUT2D eigenvalue weighted by Gasteiger charge is 2.23. The molecule has 4 aromatic carbocycles. The number of hydrogen-bond donors (Lipinski definition) is 3. The van der Waals surface area contributed by atoms with E-state index in [1.165, 1.54) is 5.56 Å². The van der Waals surface area contributed by atoms with Crippen LogP contribution in [-0.4, -0.2) is 68.1 Å². The van der Waals surface area contributed by atoms with Gasteiger partial charge in [-0.1, -0.05) is 68.1 Å². The standard InChI is InChI=1S/C19H20N4O.C17H15N3O2.CH4/c1-22(2)12-13-6-8-14(9-7-13)18-21-16-5-3-4-15-17(16)23(18)11-10-20-19(15)24;21-10-11-4-6-12(7-5-11)16-19-14-3-1-2-13-15(14)20(16)9-8-18-17(13)22;/h3-9H,10-12H2,1-2H3,(H,20,24);1-7,21H,8-10H2,(H,18,22);1H4. The Bertz CT molecular complexity index is 2080. The van der Waals surface area contributed by atoms with Gasteiger partial charge in [-0.05, 0) is 49.5 Å². The maximum absolute atomic E-state index is 12.2. The van der Waals surface area contributed by atoms with Gasteiger partial charge in [0.2, 0.25) is 0 Å². The maximum atomic E-state index is 12.2. The van der Waals surface area contributed by atoms with E-state index in [1.807, 2.05) is 60.7 Å². The van der Waals surface area contributed by atoms with Crippen LogP contribution >= 0.6 is 0 Å². The lowest BCUT2D eigenvalue weighted by Crippen LogP contribution is -2.24. The van der Waals surface area contributed by atoms with E-state index in [2.05, 4.69) is 63.0 Å². The van der Waals surface area contributed by atoms with Gasteiger partial charge in [-0.15, -0.1) is 0 Å². The number of carbonyl (C=O) groups is 2. The molecule has 2 aromatic heterocycles. The van der Waals surface area contributed by atoms with Gasteiger partial charge in [0.05, 0.1) is 39.8 Å². The van der Waals surface area contributed by atoms with Crippen LogP contribution in [0.3, 0.4) is 0 Å². The number of amides is 2. The molecule has 10 nitrogen and oxygen atoms in total. The Hall–Kier alpha value is -5.32. The van der Waals surface area contributed by atoms with Crippen LogP contribution in [0.5, 0.6) is 0 Å². The van der Waals surface area contributed by atoms with Crippen LogP contribution in [0.25, 0.3) is 44.8 Å². The first-order valence-corrected chi connectivity index (χ1v) is 15.4. The molecule has 4 heterocycles. The van der Waals surface area contributed by atoms with Crippen molar-refractivity contribution in [1.82, 2.24) is 34.6 Å². The van der Waals surface area contributed by atoms with E-state index in [9.17, 15) is 9.59 Å². The van der Waals surface area contributed by atoms with Gasteiger partial charge in [0.1, 0.15) is 11.6 Å². The second-order valence-corrected chi connectivity index (χ2v) is 11.8. The predicted octanol–water partition coefficient (Wildman–Crippen LogP) is 5.08. The molecule has 2 amide bonds. The molecule has 0 bridgehead atoms. The number of hydrogen-bond acceptors (Lipinski definition) is 6. The number of imidazole rings is 2. The summed E-state index contributed by atoms with van der Waals surface area (Å²) in [6.07, 6.45) is 0. The van der Waals surface area contributed by atoms with Gasteiger partial charge in [-0.25, -0.2) is 9.97 Å². The van der Waals surface area contributed by atoms with Crippen molar-refractivity contribution in [1.29, 1.82) is 0 Å². The lowest BCUT2D eigenvalue weighted by Gasteiger charge is -2.11. The van der Waals surface area contributed by atoms with Gasteiger partial charge in [0, 0.05) is 43.9 Å². The van der Waals surface area contributed by atoms with Crippen molar-refractivity contribution in [2.45, 2.75) is 33.7 Å². The monoisotopic (exact) mass is 629 g/mol. The van der Waals surface area contributed by atoms with Crippen LogP contribution in [0.2, 0.25) is 0 Å². The third-order valence-corrected chi connectivity index (χ3v) is 8.37. The number of benzene rings is 4. The Labute approximate surface area is 273 Å². The Kier molecular flexibility index (Phi) is 8.88. The topological polar surface area (TPSA) is 117 Å². The number of aromatic nitrogens is 4. The summed E-state index contributed by atoms with van der Waals surface area (Å²) in [6, 6.07) is 27.6. The summed E-state index contributed by atoms with van der Waals surface area (Å²) in [7, 11) is 4.13. The summed E-state index contributed by atoms with van der Waals surface area (Å²) < 4.78 is 4.25. The summed E-state index contributed by atoms with van der Waals surface area (Å²) in [5.74, 6) is 1.70. The quantitative estimate of drug-likeness (QED) is 0.245. The SMILES string of the molecule is C.CN(C)Cc1ccc(-c2nc3cccc4c3n2CCNC4=O)cc1.O=C1NCCn2c(-c3ccc(CO)cc3)nc3cccc1c32. The molecule has 0 unspecified atom stereocenters. The Morgan fingerprint density at radius 1 is 0.681 bits per heavy atom. The Morgan fingerprint density at radius 3 is 1.55 bits per heavy atom. The lowest BCUT2D eigenvalue weighted by atomic mass is 10.1. The third kappa shape index (κ3) is 6.00. The zero-order valence-electron chi connectivity index (χ0n) is 25.8. The molecule has 2 aliphatic heterocycles. The van der Waals surface area contributed by atoms with Crippen molar-refractivity contribution in [2.75, 3.05) is 27.2 Å². The second-order valence-electron chi connectivity index (χ2n) is 11.8. The molecular weight excluding hydrogens is 590 g/mol. The van der Waals surface area contributed by atoms with Gasteiger partial charge in [0.25, 0.3) is 11.8 Å². The van der Waals surface area contributed by atoms with Gasteiger partial charge in [-0.2, -0.15) is 0 Å². The Balaban J connectivity index is 0.000000161. The minimum Gasteiger partial charge on any atom is -0.392 e. The molecule has 8 rings (SSSR count). The molecule has 0 fully saturated rings. The van der Waals surface area contributed by atoms with Gasteiger partial charge in [-0.3, -0.25) is 9.59 Å². The highest BCUT2D eigenvalue weighted by molar-refractivity contribution is 6.07. The van der Waals surface area contributed by atoms with E-state index in [1.54, 1.807) is 0 Å². The van der Waals surface area contributed by atoms with Crippen molar-refractivity contribution in [3.63, 3.8) is 0 Å². The Morgan fingerprint density at radius 2 is 1.13 bits per heavy atom. The predicted molar refractivity (Wildman–Crippen MR) is 185 cm³/mol. The average molecular weight is 630 g/mol.